The molecule has 2 aromatic carbocycles. The van der Waals surface area contributed by atoms with Crippen molar-refractivity contribution in [2.75, 3.05) is 13.1 Å². The van der Waals surface area contributed by atoms with Gasteiger partial charge in [0.1, 0.15) is 0 Å². The average molecular weight is 533 g/mol. The van der Waals surface area contributed by atoms with Crippen LogP contribution in [0.15, 0.2) is 65.7 Å². The lowest BCUT2D eigenvalue weighted by molar-refractivity contribution is 0.168. The monoisotopic (exact) mass is 533 g/mol. The number of hydrogen-bond donors (Lipinski definition) is 3. The highest BCUT2D eigenvalue weighted by Crippen LogP contribution is 2.19. The minimum Gasteiger partial charge on any atom is -0.388 e. The maximum atomic E-state index is 10.3. The van der Waals surface area contributed by atoms with E-state index in [0.29, 0.717) is 19.5 Å². The van der Waals surface area contributed by atoms with E-state index < -0.39 is 6.10 Å². The lowest BCUT2D eigenvalue weighted by Crippen LogP contribution is -2.38. The fourth-order valence-corrected chi connectivity index (χ4v) is 3.39. The second-order valence-corrected chi connectivity index (χ2v) is 7.23. The van der Waals surface area contributed by atoms with E-state index in [1.54, 1.807) is 0 Å². The molecule has 7 heteroatoms. The third kappa shape index (κ3) is 6.80. The smallest absolute Gasteiger partial charge is 0.191 e. The van der Waals surface area contributed by atoms with Gasteiger partial charge in [0.05, 0.1) is 24.0 Å². The summed E-state index contributed by atoms with van der Waals surface area (Å²) in [7, 11) is 0. The van der Waals surface area contributed by atoms with Crippen molar-refractivity contribution < 1.29 is 5.11 Å². The first-order valence-corrected chi connectivity index (χ1v) is 10.5. The molecule has 1 unspecified atom stereocenters. The molecule has 31 heavy (non-hydrogen) atoms. The normalized spacial score (nSPS) is 12.2. The number of nitrogens with zero attached hydrogens (tertiary/aromatic N) is 3. The van der Waals surface area contributed by atoms with Crippen molar-refractivity contribution in [2.45, 2.75) is 39.8 Å². The molecule has 0 bridgehead atoms. The summed E-state index contributed by atoms with van der Waals surface area (Å²) in [6.07, 6.45) is 0.119. The summed E-state index contributed by atoms with van der Waals surface area (Å²) in [5, 5.41) is 21.6. The Morgan fingerprint density at radius 2 is 1.68 bits per heavy atom. The molecule has 0 spiro atoms. The molecule has 3 aromatic rings. The van der Waals surface area contributed by atoms with Gasteiger partial charge >= 0.3 is 0 Å². The van der Waals surface area contributed by atoms with Crippen LogP contribution in [-0.4, -0.2) is 33.9 Å². The van der Waals surface area contributed by atoms with Gasteiger partial charge in [-0.3, -0.25) is 0 Å². The fraction of sp³-hybridized carbons (Fsp3) is 0.333. The zero-order chi connectivity index (χ0) is 21.3. The number of aliphatic imine (C=N–C) groups is 1. The SMILES string of the molecule is CCNC(=NCc1c(C)nn(-c2ccccc2)c1C)NCCC(O)c1ccccc1.I. The van der Waals surface area contributed by atoms with E-state index in [9.17, 15) is 5.11 Å². The number of guanidine groups is 1. The lowest BCUT2D eigenvalue weighted by Gasteiger charge is -2.14. The Morgan fingerprint density at radius 1 is 1.03 bits per heavy atom. The Kier molecular flexibility index (Phi) is 10.00. The predicted octanol–water partition coefficient (Wildman–Crippen LogP) is 4.29. The first kappa shape index (κ1) is 24.9. The first-order chi connectivity index (χ1) is 14.6. The van der Waals surface area contributed by atoms with Gasteiger partial charge in [0.15, 0.2) is 5.96 Å². The Labute approximate surface area is 201 Å². The predicted molar refractivity (Wildman–Crippen MR) is 137 cm³/mol. The summed E-state index contributed by atoms with van der Waals surface area (Å²) in [5.41, 5.74) is 5.18. The van der Waals surface area contributed by atoms with Crippen molar-refractivity contribution in [3.63, 3.8) is 0 Å². The molecule has 0 fully saturated rings. The zero-order valence-corrected chi connectivity index (χ0v) is 20.7. The third-order valence-corrected chi connectivity index (χ3v) is 5.08. The van der Waals surface area contributed by atoms with Crippen LogP contribution in [0.3, 0.4) is 0 Å². The second kappa shape index (κ2) is 12.5. The number of benzene rings is 2. The molecule has 1 aromatic heterocycles. The van der Waals surface area contributed by atoms with E-state index in [-0.39, 0.29) is 24.0 Å². The van der Waals surface area contributed by atoms with E-state index in [1.807, 2.05) is 67.1 Å². The number of halogens is 1. The van der Waals surface area contributed by atoms with E-state index in [0.717, 1.165) is 40.7 Å². The van der Waals surface area contributed by atoms with Crippen molar-refractivity contribution in [3.8, 4) is 5.69 Å². The van der Waals surface area contributed by atoms with E-state index in [4.69, 9.17) is 10.1 Å². The molecule has 1 atom stereocenters. The molecular formula is C24H32IN5O. The summed E-state index contributed by atoms with van der Waals surface area (Å²) in [6, 6.07) is 19.9. The average Bonchev–Trinajstić information content (AvgIpc) is 3.06. The van der Waals surface area contributed by atoms with Gasteiger partial charge in [-0.1, -0.05) is 48.5 Å². The summed E-state index contributed by atoms with van der Waals surface area (Å²) >= 11 is 0. The largest absolute Gasteiger partial charge is 0.388 e. The highest BCUT2D eigenvalue weighted by Gasteiger charge is 2.13. The number of aromatic nitrogens is 2. The minimum absolute atomic E-state index is 0. The van der Waals surface area contributed by atoms with Gasteiger partial charge in [-0.05, 0) is 44.9 Å². The van der Waals surface area contributed by atoms with Gasteiger partial charge in [-0.2, -0.15) is 5.10 Å². The summed E-state index contributed by atoms with van der Waals surface area (Å²) in [6.45, 7) is 8.08. The molecule has 1 heterocycles. The summed E-state index contributed by atoms with van der Waals surface area (Å²) in [4.78, 5) is 4.74. The van der Waals surface area contributed by atoms with Gasteiger partial charge < -0.3 is 15.7 Å². The third-order valence-electron chi connectivity index (χ3n) is 5.08. The van der Waals surface area contributed by atoms with Gasteiger partial charge in [-0.25, -0.2) is 9.67 Å². The molecule has 0 saturated heterocycles. The van der Waals surface area contributed by atoms with Crippen LogP contribution in [0.25, 0.3) is 5.69 Å². The second-order valence-electron chi connectivity index (χ2n) is 7.23. The maximum absolute atomic E-state index is 10.3. The topological polar surface area (TPSA) is 74.5 Å². The van der Waals surface area contributed by atoms with Crippen molar-refractivity contribution >= 4 is 29.9 Å². The lowest BCUT2D eigenvalue weighted by atomic mass is 10.1. The van der Waals surface area contributed by atoms with Gasteiger partial charge in [0.25, 0.3) is 0 Å². The molecule has 0 aliphatic heterocycles. The summed E-state index contributed by atoms with van der Waals surface area (Å²) in [5.74, 6) is 0.740. The standard InChI is InChI=1S/C24H31N5O.HI/c1-4-25-24(26-16-15-23(30)20-11-7-5-8-12-20)27-17-22-18(2)28-29(19(22)3)21-13-9-6-10-14-21;/h5-14,23,30H,4,15-17H2,1-3H3,(H2,25,26,27);1H. The van der Waals surface area contributed by atoms with Crippen LogP contribution in [0.1, 0.15) is 42.0 Å². The number of para-hydroxylation sites is 1. The zero-order valence-electron chi connectivity index (χ0n) is 18.4. The van der Waals surface area contributed by atoms with Crippen LogP contribution in [0, 0.1) is 13.8 Å². The number of hydrogen-bond acceptors (Lipinski definition) is 3. The van der Waals surface area contributed by atoms with Gasteiger partial charge in [-0.15, -0.1) is 24.0 Å². The van der Waals surface area contributed by atoms with Crippen molar-refractivity contribution in [2.24, 2.45) is 4.99 Å². The molecule has 6 nitrogen and oxygen atoms in total. The molecular weight excluding hydrogens is 501 g/mol. The molecule has 3 N–H and O–H groups in total. The van der Waals surface area contributed by atoms with Gasteiger partial charge in [0, 0.05) is 24.3 Å². The number of aliphatic hydroxyl groups is 1. The van der Waals surface area contributed by atoms with Crippen LogP contribution in [0.5, 0.6) is 0 Å². The Morgan fingerprint density at radius 3 is 2.32 bits per heavy atom. The first-order valence-electron chi connectivity index (χ1n) is 10.5. The van der Waals surface area contributed by atoms with Crippen molar-refractivity contribution in [3.05, 3.63) is 83.2 Å². The number of rotatable bonds is 8. The molecule has 0 aliphatic carbocycles. The van der Waals surface area contributed by atoms with Crippen molar-refractivity contribution in [1.29, 1.82) is 0 Å². The summed E-state index contributed by atoms with van der Waals surface area (Å²) < 4.78 is 1.97. The number of nitrogens with one attached hydrogen (secondary N) is 2. The van der Waals surface area contributed by atoms with Crippen LogP contribution < -0.4 is 10.6 Å². The molecule has 0 saturated carbocycles. The van der Waals surface area contributed by atoms with Crippen LogP contribution in [0.2, 0.25) is 0 Å². The number of aliphatic hydroxyl groups excluding tert-OH is 1. The molecule has 3 rings (SSSR count). The maximum Gasteiger partial charge on any atom is 0.191 e. The van der Waals surface area contributed by atoms with E-state index in [1.165, 1.54) is 0 Å². The van der Waals surface area contributed by atoms with Crippen LogP contribution in [0.4, 0.5) is 0 Å². The highest BCUT2D eigenvalue weighted by molar-refractivity contribution is 14.0. The van der Waals surface area contributed by atoms with Gasteiger partial charge in [0.2, 0.25) is 0 Å². The van der Waals surface area contributed by atoms with Crippen LogP contribution in [-0.2, 0) is 6.54 Å². The minimum atomic E-state index is -0.491. The molecule has 0 radical (unpaired) electrons. The Hall–Kier alpha value is -2.39. The van der Waals surface area contributed by atoms with Crippen molar-refractivity contribution in [1.82, 2.24) is 20.4 Å². The molecule has 0 amide bonds. The quantitative estimate of drug-likeness (QED) is 0.230. The van der Waals surface area contributed by atoms with E-state index >= 15 is 0 Å². The van der Waals surface area contributed by atoms with Crippen LogP contribution >= 0.6 is 24.0 Å². The fourth-order valence-electron chi connectivity index (χ4n) is 3.39. The van der Waals surface area contributed by atoms with E-state index in [2.05, 4.69) is 29.7 Å². The molecule has 0 aliphatic rings. The Balaban J connectivity index is 0.00000341. The number of aryl methyl sites for hydroxylation is 1. The Bertz CT molecular complexity index is 957. The molecule has 166 valence electrons. The highest BCUT2D eigenvalue weighted by atomic mass is 127.